The van der Waals surface area contributed by atoms with Crippen molar-refractivity contribution in [1.29, 1.82) is 0 Å². The highest BCUT2D eigenvalue weighted by molar-refractivity contribution is 5.94. The summed E-state index contributed by atoms with van der Waals surface area (Å²) in [6.07, 6.45) is 3.93. The topological polar surface area (TPSA) is 99.2 Å². The summed E-state index contributed by atoms with van der Waals surface area (Å²) in [4.78, 5) is 22.7. The molecule has 2 heterocycles. The first kappa shape index (κ1) is 16.2. The van der Waals surface area contributed by atoms with E-state index in [1.807, 2.05) is 13.8 Å². The van der Waals surface area contributed by atoms with Gasteiger partial charge in [-0.3, -0.25) is 14.7 Å². The van der Waals surface area contributed by atoms with Crippen molar-refractivity contribution in [1.82, 2.24) is 20.9 Å². The Kier molecular flexibility index (Phi) is 5.68. The van der Waals surface area contributed by atoms with E-state index in [2.05, 4.69) is 26.0 Å². The molecule has 0 fully saturated rings. The predicted molar refractivity (Wildman–Crippen MR) is 83.4 cm³/mol. The van der Waals surface area contributed by atoms with Gasteiger partial charge in [0.25, 0.3) is 0 Å². The van der Waals surface area contributed by atoms with Crippen molar-refractivity contribution in [2.45, 2.75) is 52.4 Å². The van der Waals surface area contributed by atoms with E-state index in [1.54, 1.807) is 0 Å². The summed E-state index contributed by atoms with van der Waals surface area (Å²) >= 11 is 0. The van der Waals surface area contributed by atoms with Crippen LogP contribution in [-0.2, 0) is 16.0 Å². The normalized spacial score (nSPS) is 14.5. The maximum absolute atomic E-state index is 11.8. The third-order valence-electron chi connectivity index (χ3n) is 3.83. The van der Waals surface area contributed by atoms with E-state index in [0.717, 1.165) is 29.9 Å². The van der Waals surface area contributed by atoms with Gasteiger partial charge >= 0.3 is 0 Å². The molecule has 1 aromatic rings. The number of aromatic nitrogens is 2. The molecular formula is C15H23N5O2. The number of aryl methyl sites for hydroxylation is 2. The number of hydrazone groups is 1. The van der Waals surface area contributed by atoms with Crippen LogP contribution in [0.5, 0.6) is 0 Å². The van der Waals surface area contributed by atoms with Crippen LogP contribution in [0.2, 0.25) is 0 Å². The molecule has 0 aromatic carbocycles. The van der Waals surface area contributed by atoms with Crippen molar-refractivity contribution < 1.29 is 9.59 Å². The SMILES string of the molecule is Cc1n[nH]c(C)c1CCCNC(=O)CCC1=NNC(=O)CC1. The maximum atomic E-state index is 11.8. The molecule has 7 heteroatoms. The number of carbonyl (C=O) groups is 2. The van der Waals surface area contributed by atoms with Crippen molar-refractivity contribution in [3.8, 4) is 0 Å². The molecule has 1 aliphatic rings. The lowest BCUT2D eigenvalue weighted by atomic mass is 10.1. The Morgan fingerprint density at radius 2 is 2.09 bits per heavy atom. The summed E-state index contributed by atoms with van der Waals surface area (Å²) in [5.74, 6) is -0.0294. The first-order chi connectivity index (χ1) is 10.6. The van der Waals surface area contributed by atoms with E-state index in [4.69, 9.17) is 0 Å². The minimum absolute atomic E-state index is 0.0280. The van der Waals surface area contributed by atoms with Crippen LogP contribution < -0.4 is 10.7 Å². The van der Waals surface area contributed by atoms with Gasteiger partial charge in [0.15, 0.2) is 0 Å². The second kappa shape index (κ2) is 7.72. The van der Waals surface area contributed by atoms with Gasteiger partial charge in [0.05, 0.1) is 5.69 Å². The van der Waals surface area contributed by atoms with E-state index in [1.165, 1.54) is 5.56 Å². The number of rotatable bonds is 7. The van der Waals surface area contributed by atoms with Crippen molar-refractivity contribution in [2.75, 3.05) is 6.54 Å². The quantitative estimate of drug-likeness (QED) is 0.658. The molecule has 1 aliphatic heterocycles. The number of aromatic amines is 1. The summed E-state index contributed by atoms with van der Waals surface area (Å²) in [6.45, 7) is 4.66. The molecular weight excluding hydrogens is 282 g/mol. The number of hydrogen-bond donors (Lipinski definition) is 3. The van der Waals surface area contributed by atoms with Crippen molar-refractivity contribution >= 4 is 17.5 Å². The molecule has 120 valence electrons. The fourth-order valence-electron chi connectivity index (χ4n) is 2.47. The first-order valence-electron chi connectivity index (χ1n) is 7.67. The highest BCUT2D eigenvalue weighted by atomic mass is 16.2. The van der Waals surface area contributed by atoms with Crippen LogP contribution in [0.4, 0.5) is 0 Å². The second-order valence-electron chi connectivity index (χ2n) is 5.58. The molecule has 22 heavy (non-hydrogen) atoms. The van der Waals surface area contributed by atoms with E-state index < -0.39 is 0 Å². The van der Waals surface area contributed by atoms with Crippen LogP contribution >= 0.6 is 0 Å². The van der Waals surface area contributed by atoms with Crippen LogP contribution in [0, 0.1) is 13.8 Å². The highest BCUT2D eigenvalue weighted by Crippen LogP contribution is 2.11. The van der Waals surface area contributed by atoms with Gasteiger partial charge in [-0.2, -0.15) is 10.2 Å². The Balaban J connectivity index is 1.61. The summed E-state index contributed by atoms with van der Waals surface area (Å²) in [7, 11) is 0. The van der Waals surface area contributed by atoms with Crippen LogP contribution in [-0.4, -0.2) is 34.3 Å². The van der Waals surface area contributed by atoms with Crippen LogP contribution in [0.15, 0.2) is 5.10 Å². The van der Waals surface area contributed by atoms with Gasteiger partial charge < -0.3 is 5.32 Å². The minimum Gasteiger partial charge on any atom is -0.356 e. The van der Waals surface area contributed by atoms with Crippen LogP contribution in [0.1, 0.15) is 49.1 Å². The summed E-state index contributed by atoms with van der Waals surface area (Å²) < 4.78 is 0. The summed E-state index contributed by atoms with van der Waals surface area (Å²) in [5.41, 5.74) is 6.70. The van der Waals surface area contributed by atoms with Gasteiger partial charge in [-0.1, -0.05) is 0 Å². The fraction of sp³-hybridized carbons (Fsp3) is 0.600. The van der Waals surface area contributed by atoms with E-state index >= 15 is 0 Å². The zero-order valence-corrected chi connectivity index (χ0v) is 13.2. The number of H-pyrrole nitrogens is 1. The van der Waals surface area contributed by atoms with E-state index in [0.29, 0.717) is 32.2 Å². The van der Waals surface area contributed by atoms with Gasteiger partial charge in [-0.25, -0.2) is 5.43 Å². The molecule has 0 spiro atoms. The molecule has 2 amide bonds. The van der Waals surface area contributed by atoms with Gasteiger partial charge in [0.2, 0.25) is 11.8 Å². The molecule has 0 unspecified atom stereocenters. The molecule has 7 nitrogen and oxygen atoms in total. The Morgan fingerprint density at radius 3 is 2.73 bits per heavy atom. The molecule has 0 saturated carbocycles. The predicted octanol–water partition coefficient (Wildman–Crippen LogP) is 1.12. The average Bonchev–Trinajstić information content (AvgIpc) is 2.82. The molecule has 1 aromatic heterocycles. The lowest BCUT2D eigenvalue weighted by Crippen LogP contribution is -2.28. The number of nitrogens with one attached hydrogen (secondary N) is 3. The number of carbonyl (C=O) groups excluding carboxylic acids is 2. The third-order valence-corrected chi connectivity index (χ3v) is 3.83. The number of nitrogens with zero attached hydrogens (tertiary/aromatic N) is 2. The maximum Gasteiger partial charge on any atom is 0.240 e. The first-order valence-corrected chi connectivity index (χ1v) is 7.67. The second-order valence-corrected chi connectivity index (χ2v) is 5.58. The standard InChI is InChI=1S/C15H23N5O2/c1-10-13(11(2)18-17-10)4-3-9-16-14(21)7-5-12-6-8-15(22)20-19-12/h3-9H2,1-2H3,(H,16,21)(H,17,18)(H,20,22). The van der Waals surface area contributed by atoms with Crippen LogP contribution in [0.3, 0.4) is 0 Å². The zero-order valence-electron chi connectivity index (χ0n) is 13.2. The summed E-state index contributed by atoms with van der Waals surface area (Å²) in [5, 5.41) is 14.0. The van der Waals surface area contributed by atoms with Crippen molar-refractivity contribution in [3.05, 3.63) is 17.0 Å². The van der Waals surface area contributed by atoms with Crippen molar-refractivity contribution in [3.63, 3.8) is 0 Å². The molecule has 0 aliphatic carbocycles. The van der Waals surface area contributed by atoms with Crippen LogP contribution in [0.25, 0.3) is 0 Å². The number of hydrogen-bond acceptors (Lipinski definition) is 4. The van der Waals surface area contributed by atoms with Gasteiger partial charge in [-0.05, 0) is 45.1 Å². The highest BCUT2D eigenvalue weighted by Gasteiger charge is 2.12. The third kappa shape index (κ3) is 4.68. The van der Waals surface area contributed by atoms with Gasteiger partial charge in [0.1, 0.15) is 0 Å². The molecule has 3 N–H and O–H groups in total. The molecule has 0 radical (unpaired) electrons. The Hall–Kier alpha value is -2.18. The van der Waals surface area contributed by atoms with Gasteiger partial charge in [0, 0.05) is 30.8 Å². The Labute approximate surface area is 129 Å². The molecule has 0 saturated heterocycles. The Morgan fingerprint density at radius 1 is 1.27 bits per heavy atom. The lowest BCUT2D eigenvalue weighted by Gasteiger charge is -2.11. The zero-order chi connectivity index (χ0) is 15.9. The smallest absolute Gasteiger partial charge is 0.240 e. The van der Waals surface area contributed by atoms with E-state index in [9.17, 15) is 9.59 Å². The average molecular weight is 305 g/mol. The van der Waals surface area contributed by atoms with Gasteiger partial charge in [-0.15, -0.1) is 0 Å². The Bertz CT molecular complexity index is 557. The minimum atomic E-state index is -0.0574. The number of amides is 2. The summed E-state index contributed by atoms with van der Waals surface area (Å²) in [6, 6.07) is 0. The van der Waals surface area contributed by atoms with Crippen molar-refractivity contribution in [2.24, 2.45) is 5.10 Å². The molecule has 2 rings (SSSR count). The molecule has 0 bridgehead atoms. The molecule has 0 atom stereocenters. The monoisotopic (exact) mass is 305 g/mol. The largest absolute Gasteiger partial charge is 0.356 e. The van der Waals surface area contributed by atoms with E-state index in [-0.39, 0.29) is 11.8 Å². The fourth-order valence-corrected chi connectivity index (χ4v) is 2.47. The lowest BCUT2D eigenvalue weighted by molar-refractivity contribution is -0.121.